The maximum atomic E-state index is 15.3. The molecule has 18 heteroatoms. The van der Waals surface area contributed by atoms with E-state index in [1.807, 2.05) is 139 Å². The molecule has 3 aliphatic heterocycles. The van der Waals surface area contributed by atoms with Gasteiger partial charge in [0.1, 0.15) is 23.9 Å². The van der Waals surface area contributed by atoms with E-state index < -0.39 is 126 Å². The first-order valence-corrected chi connectivity index (χ1v) is 30.8. The van der Waals surface area contributed by atoms with Crippen LogP contribution in [0.5, 0.6) is 0 Å². The van der Waals surface area contributed by atoms with Crippen LogP contribution in [0.1, 0.15) is 127 Å². The third-order valence-electron chi connectivity index (χ3n) is 17.9. The number of nitrogens with zero attached hydrogens (tertiary/aromatic N) is 3. The third kappa shape index (κ3) is 16.1. The number of carbonyl (C=O) groups is 3. The normalized spacial score (nSPS) is 34.0. The zero-order valence-corrected chi connectivity index (χ0v) is 53.2. The first-order valence-electron chi connectivity index (χ1n) is 30.8. The van der Waals surface area contributed by atoms with Gasteiger partial charge in [0.15, 0.2) is 24.8 Å². The number of esters is 3. The Bertz CT molecular complexity index is 3130. The molecule has 0 radical (unpaired) electrons. The highest BCUT2D eigenvalue weighted by molar-refractivity contribution is 5.90. The number of aliphatic hydroxyl groups is 2. The quantitative estimate of drug-likeness (QED) is 0.0474. The van der Waals surface area contributed by atoms with Crippen molar-refractivity contribution in [2.75, 3.05) is 27.8 Å². The van der Waals surface area contributed by atoms with Gasteiger partial charge in [-0.15, -0.1) is 0 Å². The Morgan fingerprint density at radius 1 is 0.773 bits per heavy atom. The molecule has 3 saturated heterocycles. The van der Waals surface area contributed by atoms with Gasteiger partial charge < -0.3 is 62.6 Å². The van der Waals surface area contributed by atoms with E-state index in [-0.39, 0.29) is 32.5 Å². The molecule has 18 nitrogen and oxygen atoms in total. The summed E-state index contributed by atoms with van der Waals surface area (Å²) in [7, 11) is 5.37. The zero-order valence-electron chi connectivity index (χ0n) is 53.2. The summed E-state index contributed by atoms with van der Waals surface area (Å²) in [4.78, 5) is 56.1. The van der Waals surface area contributed by atoms with Crippen LogP contribution in [0, 0.1) is 23.7 Å². The number of fused-ring (bicyclic) bond motifs is 1. The molecule has 8 rings (SSSR count). The van der Waals surface area contributed by atoms with E-state index in [9.17, 15) is 19.8 Å². The lowest BCUT2D eigenvalue weighted by molar-refractivity contribution is -0.319. The third-order valence-corrected chi connectivity index (χ3v) is 17.9. The van der Waals surface area contributed by atoms with Crippen molar-refractivity contribution in [2.45, 2.75) is 186 Å². The van der Waals surface area contributed by atoms with Gasteiger partial charge in [-0.05, 0) is 122 Å². The molecule has 3 fully saturated rings. The van der Waals surface area contributed by atoms with Crippen LogP contribution in [0.2, 0.25) is 0 Å². The molecule has 0 saturated carbocycles. The molecule has 0 aliphatic carbocycles. The van der Waals surface area contributed by atoms with Gasteiger partial charge in [-0.1, -0.05) is 130 Å². The number of benzene rings is 4. The second-order valence-corrected chi connectivity index (χ2v) is 25.0. The van der Waals surface area contributed by atoms with Crippen LogP contribution < -0.4 is 0 Å². The minimum absolute atomic E-state index is 0.0149. The number of cyclic esters (lactones) is 1. The highest BCUT2D eigenvalue weighted by Crippen LogP contribution is 2.43. The fourth-order valence-electron chi connectivity index (χ4n) is 12.9. The fourth-order valence-corrected chi connectivity index (χ4v) is 12.9. The minimum atomic E-state index is -2.03. The number of hydrogen-bond donors (Lipinski definition) is 2. The monoisotopic (exact) mass is 1210 g/mol. The van der Waals surface area contributed by atoms with Crippen molar-refractivity contribution >= 4 is 40.6 Å². The molecule has 3 aliphatic rings. The number of methoxy groups -OCH3 is 1. The van der Waals surface area contributed by atoms with Crippen LogP contribution in [-0.2, 0) is 58.9 Å². The number of para-hydroxylation sites is 1. The molecule has 4 heterocycles. The summed E-state index contributed by atoms with van der Waals surface area (Å²) in [5.41, 5.74) is -1.04. The summed E-state index contributed by atoms with van der Waals surface area (Å²) in [6.07, 6.45) is -4.22. The Hall–Kier alpha value is -6.45. The highest BCUT2D eigenvalue weighted by atomic mass is 16.7. The summed E-state index contributed by atoms with van der Waals surface area (Å²) in [5.74, 6) is -5.43. The molecular formula is C70H91N3O15. The van der Waals surface area contributed by atoms with E-state index >= 15 is 4.79 Å². The number of ether oxygens (including phenoxy) is 9. The summed E-state index contributed by atoms with van der Waals surface area (Å²) >= 11 is 0. The Morgan fingerprint density at radius 2 is 1.40 bits per heavy atom. The predicted molar refractivity (Wildman–Crippen MR) is 334 cm³/mol. The molecule has 0 spiro atoms. The minimum Gasteiger partial charge on any atom is -0.459 e. The van der Waals surface area contributed by atoms with Crippen LogP contribution in [0.15, 0.2) is 139 Å². The Morgan fingerprint density at radius 3 is 2.03 bits per heavy atom. The summed E-state index contributed by atoms with van der Waals surface area (Å²) in [5, 5.41) is 30.9. The maximum Gasteiger partial charge on any atom is 0.338 e. The van der Waals surface area contributed by atoms with Gasteiger partial charge in [0.2, 0.25) is 0 Å². The lowest BCUT2D eigenvalue weighted by Crippen LogP contribution is -2.62. The number of aromatic nitrogens is 1. The van der Waals surface area contributed by atoms with Crippen molar-refractivity contribution in [1.29, 1.82) is 0 Å². The molecular weight excluding hydrogens is 1120 g/mol. The van der Waals surface area contributed by atoms with Crippen LogP contribution >= 0.6 is 0 Å². The van der Waals surface area contributed by atoms with E-state index in [2.05, 4.69) is 4.98 Å². The molecule has 4 aromatic carbocycles. The van der Waals surface area contributed by atoms with Gasteiger partial charge >= 0.3 is 17.9 Å². The molecule has 2 unspecified atom stereocenters. The fraction of sp³-hybridized carbons (Fsp3) is 0.529. The van der Waals surface area contributed by atoms with Gasteiger partial charge in [0.05, 0.1) is 77.0 Å². The lowest BCUT2D eigenvalue weighted by Gasteiger charge is -2.50. The molecule has 18 atom stereocenters. The highest BCUT2D eigenvalue weighted by Gasteiger charge is 2.55. The van der Waals surface area contributed by atoms with Crippen molar-refractivity contribution in [2.24, 2.45) is 28.8 Å². The second kappa shape index (κ2) is 29.9. The van der Waals surface area contributed by atoms with Crippen LogP contribution in [-0.4, -0.2) is 156 Å². The zero-order chi connectivity index (χ0) is 63.5. The average Bonchev–Trinajstić information content (AvgIpc) is 2.19. The smallest absolute Gasteiger partial charge is 0.338 e. The lowest BCUT2D eigenvalue weighted by atomic mass is 9.73. The Labute approximate surface area is 518 Å². The predicted octanol–water partition coefficient (Wildman–Crippen LogP) is 10.8. The van der Waals surface area contributed by atoms with Crippen molar-refractivity contribution < 1.29 is 72.1 Å². The first kappa shape index (κ1) is 67.5. The number of rotatable bonds is 18. The molecule has 0 amide bonds. The summed E-state index contributed by atoms with van der Waals surface area (Å²) in [6.45, 7) is 18.1. The number of aliphatic hydroxyl groups excluding tert-OH is 1. The number of likely N-dealkylation sites (N-methyl/N-ethyl adjacent to an activating group) is 1. The SMILES string of the molecule is CC[C@@H]1OC(=O)[C@H](C)[C@@H](OC2C[C@@](C)(OC)[C@@H](OC(=O)c3ccccc3)[C@H](C)O2)[C@H](C)[C@@H](OC2O[C@H](C)C[C@H](N(C)C)[C@H]2OC(=O)c2ccccc2)[C@@](C)(OC/C=C/c2cnc3ccccc3c2)C[C@H](C)/C(=N/OCc2ccccc2)[C@@H](C)[C@@H](O)[C@]1(C)O. The Balaban J connectivity index is 1.28. The number of oxime groups is 1. The van der Waals surface area contributed by atoms with Crippen molar-refractivity contribution in [3.63, 3.8) is 0 Å². The van der Waals surface area contributed by atoms with E-state index in [4.69, 9.17) is 52.6 Å². The van der Waals surface area contributed by atoms with Crippen LogP contribution in [0.25, 0.3) is 17.0 Å². The van der Waals surface area contributed by atoms with Gasteiger partial charge in [0.25, 0.3) is 0 Å². The van der Waals surface area contributed by atoms with Crippen molar-refractivity contribution in [3.05, 3.63) is 156 Å². The first-order chi connectivity index (χ1) is 42.0. The van der Waals surface area contributed by atoms with Crippen molar-refractivity contribution in [3.8, 4) is 0 Å². The number of hydrogen-bond acceptors (Lipinski definition) is 18. The van der Waals surface area contributed by atoms with Crippen LogP contribution in [0.3, 0.4) is 0 Å². The van der Waals surface area contributed by atoms with E-state index in [1.165, 1.54) is 14.0 Å². The Kier molecular flexibility index (Phi) is 22.9. The molecule has 5 aromatic rings. The summed E-state index contributed by atoms with van der Waals surface area (Å²) < 4.78 is 61.1. The molecule has 88 heavy (non-hydrogen) atoms. The van der Waals surface area contributed by atoms with Gasteiger partial charge in [0, 0.05) is 42.9 Å². The topological polar surface area (TPSA) is 212 Å². The van der Waals surface area contributed by atoms with Crippen LogP contribution in [0.4, 0.5) is 0 Å². The molecule has 1 aromatic heterocycles. The van der Waals surface area contributed by atoms with Gasteiger partial charge in [-0.3, -0.25) is 9.78 Å². The number of carbonyl (C=O) groups excluding carboxylic acids is 3. The van der Waals surface area contributed by atoms with Crippen molar-refractivity contribution in [1.82, 2.24) is 9.88 Å². The van der Waals surface area contributed by atoms with Gasteiger partial charge in [-0.25, -0.2) is 9.59 Å². The molecule has 476 valence electrons. The summed E-state index contributed by atoms with van der Waals surface area (Å²) in [6, 6.07) is 36.4. The molecule has 0 bridgehead atoms. The largest absolute Gasteiger partial charge is 0.459 e. The van der Waals surface area contributed by atoms with E-state index in [1.54, 1.807) is 82.4 Å². The number of pyridine rings is 1. The maximum absolute atomic E-state index is 15.3. The van der Waals surface area contributed by atoms with Gasteiger partial charge in [-0.2, -0.15) is 0 Å². The van der Waals surface area contributed by atoms with E-state index in [0.29, 0.717) is 23.3 Å². The van der Waals surface area contributed by atoms with E-state index in [0.717, 1.165) is 22.0 Å². The molecule has 2 N–H and O–H groups in total. The second-order valence-electron chi connectivity index (χ2n) is 25.0. The standard InChI is InChI=1S/C70H91N3O15/c1-14-56-70(10,78)61(74)45(4)58(72-81-42-49-27-18-15-19-28-49)43(2)39-69(9,80-36-26-29-50-38-53-34-24-25-35-54(53)71-41-50)62(88-67-60(55(73(11)12)37-44(3)82-67)86-65(76)51-30-20-16-21-31-51)46(5)59(47(6)64(75)84-56)85-57-40-68(8,79-13)63(48(7)83-57)87-66(77)52-32-22-17-23-33-52/h15-35,38,41,43-48,55-57,59-63,67,74,78H,14,36-37,39-40,42H2,1-13H3/b29-26+,72-58-/t43-,44+,45+,46-,47+,48-,55-,56-,57?,59-,60+,61+,62+,63-,67?,68+,69-,70+/m0/s1. The average molecular weight is 1210 g/mol.